The molecule has 2 rings (SSSR count). The van der Waals surface area contributed by atoms with E-state index in [2.05, 4.69) is 5.32 Å². The molecule has 1 aliphatic carbocycles. The summed E-state index contributed by atoms with van der Waals surface area (Å²) in [4.78, 5) is 11.9. The van der Waals surface area contributed by atoms with Crippen LogP contribution in [0.4, 0.5) is 0 Å². The SMILES string of the molecule is CNC1(c2ccccc2Cl)C=CCC1=O. The number of rotatable bonds is 2. The van der Waals surface area contributed by atoms with E-state index in [-0.39, 0.29) is 5.78 Å². The zero-order chi connectivity index (χ0) is 10.9. The van der Waals surface area contributed by atoms with Crippen molar-refractivity contribution in [1.29, 1.82) is 0 Å². The molecule has 1 aromatic carbocycles. The van der Waals surface area contributed by atoms with Crippen LogP contribution in [0.25, 0.3) is 0 Å². The number of ketones is 1. The highest BCUT2D eigenvalue weighted by molar-refractivity contribution is 6.31. The molecule has 0 saturated heterocycles. The van der Waals surface area contributed by atoms with Crippen LogP contribution < -0.4 is 5.32 Å². The molecule has 2 nitrogen and oxygen atoms in total. The van der Waals surface area contributed by atoms with E-state index in [0.717, 1.165) is 5.56 Å². The fourth-order valence-corrected chi connectivity index (χ4v) is 2.26. The van der Waals surface area contributed by atoms with E-state index in [4.69, 9.17) is 11.6 Å². The zero-order valence-electron chi connectivity index (χ0n) is 8.46. The van der Waals surface area contributed by atoms with Crippen molar-refractivity contribution in [2.24, 2.45) is 0 Å². The second kappa shape index (κ2) is 3.80. The second-order valence-corrected chi connectivity index (χ2v) is 3.97. The first-order chi connectivity index (χ1) is 7.20. The van der Waals surface area contributed by atoms with E-state index in [9.17, 15) is 4.79 Å². The van der Waals surface area contributed by atoms with Gasteiger partial charge in [0.25, 0.3) is 0 Å². The summed E-state index contributed by atoms with van der Waals surface area (Å²) in [5, 5.41) is 3.68. The predicted molar refractivity (Wildman–Crippen MR) is 61.0 cm³/mol. The molecule has 0 amide bonds. The molecule has 78 valence electrons. The van der Waals surface area contributed by atoms with Gasteiger partial charge in [0.1, 0.15) is 5.54 Å². The molecule has 0 radical (unpaired) electrons. The average Bonchev–Trinajstić information content (AvgIpc) is 2.61. The molecular weight excluding hydrogens is 210 g/mol. The Balaban J connectivity index is 2.57. The molecule has 1 N–H and O–H groups in total. The first-order valence-corrected chi connectivity index (χ1v) is 5.23. The quantitative estimate of drug-likeness (QED) is 0.777. The summed E-state index contributed by atoms with van der Waals surface area (Å²) in [5.41, 5.74) is 0.103. The van der Waals surface area contributed by atoms with Gasteiger partial charge in [0, 0.05) is 17.0 Å². The Morgan fingerprint density at radius 2 is 2.13 bits per heavy atom. The maximum atomic E-state index is 11.9. The van der Waals surface area contributed by atoms with Crippen LogP contribution in [-0.4, -0.2) is 12.8 Å². The lowest BCUT2D eigenvalue weighted by Crippen LogP contribution is -2.43. The molecule has 1 atom stereocenters. The molecule has 0 saturated carbocycles. The van der Waals surface area contributed by atoms with Gasteiger partial charge in [0.05, 0.1) is 0 Å². The lowest BCUT2D eigenvalue weighted by molar-refractivity contribution is -0.122. The number of allylic oxidation sites excluding steroid dienone is 1. The highest BCUT2D eigenvalue weighted by Gasteiger charge is 2.39. The predicted octanol–water partition coefficient (Wildman–Crippen LogP) is 2.28. The summed E-state index contributed by atoms with van der Waals surface area (Å²) in [7, 11) is 1.77. The minimum Gasteiger partial charge on any atom is -0.301 e. The third-order valence-electron chi connectivity index (χ3n) is 2.80. The lowest BCUT2D eigenvalue weighted by atomic mass is 9.88. The largest absolute Gasteiger partial charge is 0.301 e. The normalized spacial score (nSPS) is 24.8. The van der Waals surface area contributed by atoms with Crippen molar-refractivity contribution in [2.45, 2.75) is 12.0 Å². The van der Waals surface area contributed by atoms with Crippen LogP contribution in [0.1, 0.15) is 12.0 Å². The van der Waals surface area contributed by atoms with E-state index in [1.165, 1.54) is 0 Å². The number of Topliss-reactive ketones (excluding diaryl/α,β-unsaturated/α-hetero) is 1. The van der Waals surface area contributed by atoms with Crippen molar-refractivity contribution in [1.82, 2.24) is 5.32 Å². The fraction of sp³-hybridized carbons (Fsp3) is 0.250. The molecule has 0 heterocycles. The Morgan fingerprint density at radius 3 is 2.67 bits per heavy atom. The summed E-state index contributed by atoms with van der Waals surface area (Å²) in [6.45, 7) is 0. The van der Waals surface area contributed by atoms with Crippen LogP contribution in [0, 0.1) is 0 Å². The number of carbonyl (C=O) groups excluding carboxylic acids is 1. The van der Waals surface area contributed by atoms with Crippen molar-refractivity contribution < 1.29 is 4.79 Å². The van der Waals surface area contributed by atoms with Crippen LogP contribution in [-0.2, 0) is 10.3 Å². The number of likely N-dealkylation sites (N-methyl/N-ethyl adjacent to an activating group) is 1. The maximum absolute atomic E-state index is 11.9. The monoisotopic (exact) mass is 221 g/mol. The molecule has 1 aromatic rings. The van der Waals surface area contributed by atoms with Crippen LogP contribution in [0.5, 0.6) is 0 Å². The zero-order valence-corrected chi connectivity index (χ0v) is 9.21. The van der Waals surface area contributed by atoms with Crippen molar-refractivity contribution in [2.75, 3.05) is 7.05 Å². The van der Waals surface area contributed by atoms with Crippen LogP contribution in [0.3, 0.4) is 0 Å². The van der Waals surface area contributed by atoms with Gasteiger partial charge in [-0.05, 0) is 13.1 Å². The van der Waals surface area contributed by atoms with Crippen molar-refractivity contribution in [3.63, 3.8) is 0 Å². The van der Waals surface area contributed by atoms with E-state index >= 15 is 0 Å². The average molecular weight is 222 g/mol. The van der Waals surface area contributed by atoms with Gasteiger partial charge in [-0.15, -0.1) is 0 Å². The Hall–Kier alpha value is -1.12. The molecular formula is C12H12ClNO. The minimum absolute atomic E-state index is 0.137. The van der Waals surface area contributed by atoms with Gasteiger partial charge in [0.15, 0.2) is 5.78 Å². The number of benzene rings is 1. The molecule has 0 fully saturated rings. The number of hydrogen-bond donors (Lipinski definition) is 1. The van der Waals surface area contributed by atoms with Gasteiger partial charge in [0.2, 0.25) is 0 Å². The van der Waals surface area contributed by atoms with Gasteiger partial charge in [-0.2, -0.15) is 0 Å². The smallest absolute Gasteiger partial charge is 0.165 e. The van der Waals surface area contributed by atoms with Crippen molar-refractivity contribution >= 4 is 17.4 Å². The van der Waals surface area contributed by atoms with Crippen LogP contribution >= 0.6 is 11.6 Å². The van der Waals surface area contributed by atoms with Gasteiger partial charge in [-0.3, -0.25) is 4.79 Å². The summed E-state index contributed by atoms with van der Waals surface area (Å²) in [5.74, 6) is 0.137. The summed E-state index contributed by atoms with van der Waals surface area (Å²) < 4.78 is 0. The molecule has 0 aromatic heterocycles. The summed E-state index contributed by atoms with van der Waals surface area (Å²) >= 11 is 6.11. The number of nitrogens with one attached hydrogen (secondary N) is 1. The highest BCUT2D eigenvalue weighted by Crippen LogP contribution is 2.34. The Bertz CT molecular complexity index is 427. The Kier molecular flexibility index (Phi) is 2.63. The minimum atomic E-state index is -0.724. The van der Waals surface area contributed by atoms with Crippen LogP contribution in [0.2, 0.25) is 5.02 Å². The summed E-state index contributed by atoms with van der Waals surface area (Å²) in [6, 6.07) is 7.43. The number of hydrogen-bond acceptors (Lipinski definition) is 2. The van der Waals surface area contributed by atoms with E-state index in [1.54, 1.807) is 13.1 Å². The van der Waals surface area contributed by atoms with Gasteiger partial charge in [-0.25, -0.2) is 0 Å². The standard InChI is InChI=1S/C12H12ClNO/c1-14-12(8-4-7-11(12)15)9-5-2-3-6-10(9)13/h2-6,8,14H,7H2,1H3. The molecule has 0 spiro atoms. The van der Waals surface area contributed by atoms with Gasteiger partial charge in [-0.1, -0.05) is 42.0 Å². The maximum Gasteiger partial charge on any atom is 0.165 e. The fourth-order valence-electron chi connectivity index (χ4n) is 1.98. The molecule has 0 aliphatic heterocycles. The Morgan fingerprint density at radius 1 is 1.40 bits per heavy atom. The van der Waals surface area contributed by atoms with E-state index in [1.807, 2.05) is 30.4 Å². The topological polar surface area (TPSA) is 29.1 Å². The first kappa shape index (κ1) is 10.4. The third kappa shape index (κ3) is 1.50. The van der Waals surface area contributed by atoms with Crippen molar-refractivity contribution in [3.8, 4) is 0 Å². The molecule has 1 aliphatic rings. The number of carbonyl (C=O) groups is 1. The first-order valence-electron chi connectivity index (χ1n) is 4.85. The van der Waals surface area contributed by atoms with Gasteiger partial charge >= 0.3 is 0 Å². The molecule has 1 unspecified atom stereocenters. The second-order valence-electron chi connectivity index (χ2n) is 3.57. The van der Waals surface area contributed by atoms with E-state index in [0.29, 0.717) is 11.4 Å². The molecule has 15 heavy (non-hydrogen) atoms. The van der Waals surface area contributed by atoms with Crippen molar-refractivity contribution in [3.05, 3.63) is 47.0 Å². The molecule has 0 bridgehead atoms. The Labute approximate surface area is 93.9 Å². The third-order valence-corrected chi connectivity index (χ3v) is 3.13. The number of halogens is 1. The highest BCUT2D eigenvalue weighted by atomic mass is 35.5. The van der Waals surface area contributed by atoms with Crippen LogP contribution in [0.15, 0.2) is 36.4 Å². The molecule has 3 heteroatoms. The van der Waals surface area contributed by atoms with E-state index < -0.39 is 5.54 Å². The van der Waals surface area contributed by atoms with Gasteiger partial charge < -0.3 is 5.32 Å². The lowest BCUT2D eigenvalue weighted by Gasteiger charge is -2.26. The summed E-state index contributed by atoms with van der Waals surface area (Å²) in [6.07, 6.45) is 4.23.